The summed E-state index contributed by atoms with van der Waals surface area (Å²) < 4.78 is 1.72. The molecule has 2 N–H and O–H groups in total. The molecule has 0 aliphatic rings. The predicted octanol–water partition coefficient (Wildman–Crippen LogP) is 4.10. The molecule has 0 aliphatic heterocycles. The van der Waals surface area contributed by atoms with Crippen LogP contribution < -0.4 is 5.32 Å². The van der Waals surface area contributed by atoms with Crippen LogP contribution >= 0.6 is 31.9 Å². The fraction of sp³-hybridized carbons (Fsp3) is 0.0833. The maximum atomic E-state index is 11.9. The zero-order valence-electron chi connectivity index (χ0n) is 9.05. The van der Waals surface area contributed by atoms with Gasteiger partial charge in [-0.15, -0.1) is 0 Å². The summed E-state index contributed by atoms with van der Waals surface area (Å²) in [5.74, 6) is -0.166. The highest BCUT2D eigenvalue weighted by Crippen LogP contribution is 2.24. The quantitative estimate of drug-likeness (QED) is 0.834. The zero-order chi connectivity index (χ0) is 12.4. The number of hydrogen-bond acceptors (Lipinski definition) is 1. The van der Waals surface area contributed by atoms with Gasteiger partial charge in [-0.05, 0) is 62.5 Å². The molecule has 0 radical (unpaired) electrons. The third-order valence-corrected chi connectivity index (χ3v) is 3.38. The number of rotatable bonds is 2. The van der Waals surface area contributed by atoms with Gasteiger partial charge in [-0.2, -0.15) is 0 Å². The van der Waals surface area contributed by atoms with Crippen LogP contribution in [0.2, 0.25) is 0 Å². The van der Waals surface area contributed by atoms with E-state index >= 15 is 0 Å². The van der Waals surface area contributed by atoms with Crippen molar-refractivity contribution in [3.8, 4) is 0 Å². The Bertz CT molecular complexity index is 563. The van der Waals surface area contributed by atoms with E-state index < -0.39 is 0 Å². The minimum Gasteiger partial charge on any atom is -0.356 e. The van der Waals surface area contributed by atoms with Gasteiger partial charge in [0.15, 0.2) is 0 Å². The number of benzene rings is 1. The van der Waals surface area contributed by atoms with Gasteiger partial charge in [-0.1, -0.05) is 6.07 Å². The largest absolute Gasteiger partial charge is 0.356 e. The highest BCUT2D eigenvalue weighted by molar-refractivity contribution is 9.10. The number of aromatic nitrogens is 1. The normalized spacial score (nSPS) is 10.3. The van der Waals surface area contributed by atoms with Crippen molar-refractivity contribution in [3.05, 3.63) is 50.7 Å². The number of anilines is 1. The molecule has 1 amide bonds. The van der Waals surface area contributed by atoms with Gasteiger partial charge in [0.25, 0.3) is 5.91 Å². The van der Waals surface area contributed by atoms with E-state index in [-0.39, 0.29) is 5.91 Å². The number of hydrogen-bond donors (Lipinski definition) is 2. The summed E-state index contributed by atoms with van der Waals surface area (Å²) in [6.07, 6.45) is 1.72. The lowest BCUT2D eigenvalue weighted by molar-refractivity contribution is 0.102. The lowest BCUT2D eigenvalue weighted by Crippen LogP contribution is -2.12. The summed E-state index contributed by atoms with van der Waals surface area (Å²) in [5, 5.41) is 2.83. The lowest BCUT2D eigenvalue weighted by Gasteiger charge is -2.06. The van der Waals surface area contributed by atoms with Gasteiger partial charge in [0.2, 0.25) is 0 Å². The first kappa shape index (κ1) is 12.4. The number of carbonyl (C=O) groups excluding carboxylic acids is 1. The molecule has 0 spiro atoms. The maximum absolute atomic E-state index is 11.9. The predicted molar refractivity (Wildman–Crippen MR) is 75.3 cm³/mol. The van der Waals surface area contributed by atoms with Gasteiger partial charge in [0.05, 0.1) is 5.69 Å². The van der Waals surface area contributed by atoms with Crippen molar-refractivity contribution >= 4 is 43.5 Å². The molecule has 0 atom stereocenters. The van der Waals surface area contributed by atoms with Crippen molar-refractivity contribution in [2.24, 2.45) is 0 Å². The molecule has 2 rings (SSSR count). The summed E-state index contributed by atoms with van der Waals surface area (Å²) >= 11 is 6.71. The molecule has 2 aromatic rings. The Morgan fingerprint density at radius 2 is 2.06 bits per heavy atom. The van der Waals surface area contributed by atoms with E-state index in [9.17, 15) is 4.79 Å². The topological polar surface area (TPSA) is 44.9 Å². The molecule has 0 bridgehead atoms. The van der Waals surface area contributed by atoms with Gasteiger partial charge >= 0.3 is 0 Å². The fourth-order valence-corrected chi connectivity index (χ4v) is 2.35. The zero-order valence-corrected chi connectivity index (χ0v) is 12.2. The Morgan fingerprint density at radius 3 is 2.65 bits per heavy atom. The molecule has 0 unspecified atom stereocenters. The summed E-state index contributed by atoms with van der Waals surface area (Å²) in [7, 11) is 0. The molecule has 1 heterocycles. The first-order valence-corrected chi connectivity index (χ1v) is 6.56. The standard InChI is InChI=1S/C12H10Br2N2O/c1-7-2-3-10(9(14)4-7)16-12(17)11-5-8(13)6-15-11/h2-6,15H,1H3,(H,16,17). The molecular weight excluding hydrogens is 348 g/mol. The Labute approximate surface area is 116 Å². The number of aryl methyl sites for hydroxylation is 1. The van der Waals surface area contributed by atoms with E-state index in [1.807, 2.05) is 25.1 Å². The van der Waals surface area contributed by atoms with Crippen molar-refractivity contribution in [2.45, 2.75) is 6.92 Å². The monoisotopic (exact) mass is 356 g/mol. The van der Waals surface area contributed by atoms with E-state index in [1.165, 1.54) is 0 Å². The third kappa shape index (κ3) is 2.98. The molecule has 3 nitrogen and oxygen atoms in total. The number of carbonyl (C=O) groups is 1. The minimum absolute atomic E-state index is 0.166. The van der Waals surface area contributed by atoms with Crippen molar-refractivity contribution < 1.29 is 4.79 Å². The summed E-state index contributed by atoms with van der Waals surface area (Å²) in [6, 6.07) is 7.51. The molecule has 0 fully saturated rings. The number of aromatic amines is 1. The van der Waals surface area contributed by atoms with E-state index in [1.54, 1.807) is 12.3 Å². The first-order chi connectivity index (χ1) is 8.06. The highest BCUT2D eigenvalue weighted by Gasteiger charge is 2.09. The van der Waals surface area contributed by atoms with E-state index in [0.29, 0.717) is 5.69 Å². The van der Waals surface area contributed by atoms with Crippen molar-refractivity contribution in [2.75, 3.05) is 5.32 Å². The van der Waals surface area contributed by atoms with Gasteiger partial charge in [0.1, 0.15) is 5.69 Å². The smallest absolute Gasteiger partial charge is 0.272 e. The van der Waals surface area contributed by atoms with Crippen LogP contribution in [-0.4, -0.2) is 10.9 Å². The number of H-pyrrole nitrogens is 1. The molecule has 0 aliphatic carbocycles. The van der Waals surface area contributed by atoms with Crippen LogP contribution in [0, 0.1) is 6.92 Å². The lowest BCUT2D eigenvalue weighted by atomic mass is 10.2. The molecule has 0 saturated heterocycles. The number of halogens is 2. The Balaban J connectivity index is 2.18. The van der Waals surface area contributed by atoms with Crippen molar-refractivity contribution in [1.29, 1.82) is 0 Å². The Morgan fingerprint density at radius 1 is 1.29 bits per heavy atom. The van der Waals surface area contributed by atoms with Crippen LogP contribution in [-0.2, 0) is 0 Å². The summed E-state index contributed by atoms with van der Waals surface area (Å²) in [4.78, 5) is 14.8. The average molecular weight is 358 g/mol. The fourth-order valence-electron chi connectivity index (χ4n) is 1.41. The Hall–Kier alpha value is -1.07. The minimum atomic E-state index is -0.166. The van der Waals surface area contributed by atoms with E-state index in [0.717, 1.165) is 20.2 Å². The molecule has 88 valence electrons. The molecule has 0 saturated carbocycles. The van der Waals surface area contributed by atoms with Gasteiger partial charge in [-0.3, -0.25) is 4.79 Å². The van der Waals surface area contributed by atoms with Crippen LogP contribution in [0.15, 0.2) is 39.4 Å². The summed E-state index contributed by atoms with van der Waals surface area (Å²) in [6.45, 7) is 2.00. The van der Waals surface area contributed by atoms with E-state index in [4.69, 9.17) is 0 Å². The van der Waals surface area contributed by atoms with E-state index in [2.05, 4.69) is 42.2 Å². The van der Waals surface area contributed by atoms with Crippen LogP contribution in [0.25, 0.3) is 0 Å². The van der Waals surface area contributed by atoms with Gasteiger partial charge < -0.3 is 10.3 Å². The summed E-state index contributed by atoms with van der Waals surface area (Å²) in [5.41, 5.74) is 2.41. The third-order valence-electron chi connectivity index (χ3n) is 2.27. The second kappa shape index (κ2) is 5.06. The van der Waals surface area contributed by atoms with Crippen molar-refractivity contribution in [3.63, 3.8) is 0 Å². The number of nitrogens with one attached hydrogen (secondary N) is 2. The van der Waals surface area contributed by atoms with Crippen LogP contribution in [0.1, 0.15) is 16.1 Å². The van der Waals surface area contributed by atoms with Crippen molar-refractivity contribution in [1.82, 2.24) is 4.98 Å². The van der Waals surface area contributed by atoms with Crippen LogP contribution in [0.5, 0.6) is 0 Å². The van der Waals surface area contributed by atoms with Crippen LogP contribution in [0.4, 0.5) is 5.69 Å². The molecule has 1 aromatic heterocycles. The Kier molecular flexibility index (Phi) is 3.69. The van der Waals surface area contributed by atoms with Gasteiger partial charge in [-0.25, -0.2) is 0 Å². The molecular formula is C12H10Br2N2O. The SMILES string of the molecule is Cc1ccc(NC(=O)c2cc(Br)c[nH]2)c(Br)c1. The highest BCUT2D eigenvalue weighted by atomic mass is 79.9. The average Bonchev–Trinajstić information content (AvgIpc) is 2.69. The molecule has 1 aromatic carbocycles. The molecule has 17 heavy (non-hydrogen) atoms. The first-order valence-electron chi connectivity index (χ1n) is 4.97. The number of amides is 1. The van der Waals surface area contributed by atoms with Gasteiger partial charge in [0, 0.05) is 15.1 Å². The maximum Gasteiger partial charge on any atom is 0.272 e. The molecule has 5 heteroatoms. The second-order valence-corrected chi connectivity index (χ2v) is 5.44. The van der Waals surface area contributed by atoms with Crippen LogP contribution in [0.3, 0.4) is 0 Å². The second-order valence-electron chi connectivity index (χ2n) is 3.67.